The highest BCUT2D eigenvalue weighted by atomic mass is 32.2. The largest absolute Gasteiger partial charge is 0.743 e. The average molecular weight is 353 g/mol. The summed E-state index contributed by atoms with van der Waals surface area (Å²) in [4.78, 5) is 0. The van der Waals surface area contributed by atoms with Crippen molar-refractivity contribution in [2.24, 2.45) is 0 Å². The van der Waals surface area contributed by atoms with Gasteiger partial charge in [-0.15, -0.1) is 0 Å². The molecule has 0 atom stereocenters. The van der Waals surface area contributed by atoms with Gasteiger partial charge in [0, 0.05) is 6.42 Å². The molecule has 0 rings (SSSR count). The van der Waals surface area contributed by atoms with E-state index in [2.05, 4.69) is 27.7 Å². The molecule has 0 aromatic carbocycles. The minimum atomic E-state index is -6.32. The third kappa shape index (κ3) is 6.00. The predicted octanol–water partition coefficient (Wildman–Crippen LogP) is 3.44. The Morgan fingerprint density at radius 2 is 1.18 bits per heavy atom. The number of halogens is 4. The van der Waals surface area contributed by atoms with Crippen molar-refractivity contribution in [1.29, 1.82) is 0 Å². The Labute approximate surface area is 130 Å². The summed E-state index contributed by atoms with van der Waals surface area (Å²) in [5, 5.41) is -5.53. The van der Waals surface area contributed by atoms with Gasteiger partial charge in [-0.2, -0.15) is 17.6 Å². The highest BCUT2D eigenvalue weighted by Gasteiger charge is 2.60. The number of nitrogens with zero attached hydrogens (tertiary/aromatic N) is 1. The maximum atomic E-state index is 12.4. The summed E-state index contributed by atoms with van der Waals surface area (Å²) < 4.78 is 79.9. The second-order valence-electron chi connectivity index (χ2n) is 5.03. The van der Waals surface area contributed by atoms with E-state index in [1.54, 1.807) is 0 Å². The Kier molecular flexibility index (Phi) is 9.78. The van der Waals surface area contributed by atoms with Crippen molar-refractivity contribution in [2.45, 2.75) is 58.6 Å². The molecule has 0 spiro atoms. The molecule has 0 saturated carbocycles. The number of hydrogen-bond acceptors (Lipinski definition) is 3. The fraction of sp³-hybridized carbons (Fsp3) is 1.00. The van der Waals surface area contributed by atoms with E-state index in [9.17, 15) is 30.5 Å². The van der Waals surface area contributed by atoms with E-state index in [1.165, 1.54) is 37.6 Å². The topological polar surface area (TPSA) is 57.2 Å². The summed E-state index contributed by atoms with van der Waals surface area (Å²) >= 11 is 0. The SMILES string of the molecule is CCCC(F)(F)C(F)(F)S(=O)(=O)[O-].CC[N+](CC)(CC)CC. The Morgan fingerprint density at radius 1 is 0.864 bits per heavy atom. The quantitative estimate of drug-likeness (QED) is 0.382. The van der Waals surface area contributed by atoms with Crippen molar-refractivity contribution in [3.8, 4) is 0 Å². The van der Waals surface area contributed by atoms with Gasteiger partial charge in [0.2, 0.25) is 0 Å². The van der Waals surface area contributed by atoms with Crippen LogP contribution >= 0.6 is 0 Å². The summed E-state index contributed by atoms with van der Waals surface area (Å²) in [5.41, 5.74) is 0. The van der Waals surface area contributed by atoms with Crippen molar-refractivity contribution in [3.05, 3.63) is 0 Å². The molecule has 136 valence electrons. The maximum Gasteiger partial charge on any atom is 0.396 e. The molecule has 0 unspecified atom stereocenters. The highest BCUT2D eigenvalue weighted by Crippen LogP contribution is 2.41. The van der Waals surface area contributed by atoms with Gasteiger partial charge in [0.1, 0.15) is 0 Å². The summed E-state index contributed by atoms with van der Waals surface area (Å²) in [6.07, 6.45) is -1.69. The van der Waals surface area contributed by atoms with Gasteiger partial charge < -0.3 is 9.04 Å². The monoisotopic (exact) mass is 353 g/mol. The molecular weight excluding hydrogens is 326 g/mol. The zero-order chi connectivity index (χ0) is 18.2. The lowest BCUT2D eigenvalue weighted by molar-refractivity contribution is -0.921. The van der Waals surface area contributed by atoms with Crippen LogP contribution in [-0.2, 0) is 10.1 Å². The van der Waals surface area contributed by atoms with Crippen LogP contribution in [0.25, 0.3) is 0 Å². The predicted molar refractivity (Wildman–Crippen MR) is 76.9 cm³/mol. The van der Waals surface area contributed by atoms with E-state index in [4.69, 9.17) is 0 Å². The molecule has 0 heterocycles. The molecule has 0 aliphatic heterocycles. The average Bonchev–Trinajstić information content (AvgIpc) is 2.41. The first kappa shape index (κ1) is 23.9. The lowest BCUT2D eigenvalue weighted by Crippen LogP contribution is -2.47. The summed E-state index contributed by atoms with van der Waals surface area (Å²) in [7, 11) is -6.32. The van der Waals surface area contributed by atoms with Crippen LogP contribution in [0.3, 0.4) is 0 Å². The molecule has 0 N–H and O–H groups in total. The van der Waals surface area contributed by atoms with E-state index in [0.29, 0.717) is 0 Å². The van der Waals surface area contributed by atoms with E-state index in [0.717, 1.165) is 0 Å². The Hall–Kier alpha value is -0.410. The standard InChI is InChI=1S/C8H20N.C5H8F4O3S/c1-5-9(6-2,7-3)8-4;1-2-3-4(6,7)5(8,9)13(10,11)12/h5-8H2,1-4H3;2-3H2,1H3,(H,10,11,12)/q+1;/p-1. The molecule has 22 heavy (non-hydrogen) atoms. The van der Waals surface area contributed by atoms with Crippen LogP contribution in [0.5, 0.6) is 0 Å². The van der Waals surface area contributed by atoms with Crippen molar-refractivity contribution < 1.29 is 35.0 Å². The Balaban J connectivity index is 0. The molecular formula is C13H27F4NO3S. The minimum Gasteiger partial charge on any atom is -0.743 e. The van der Waals surface area contributed by atoms with E-state index < -0.39 is 27.7 Å². The Bertz CT molecular complexity index is 392. The van der Waals surface area contributed by atoms with Gasteiger partial charge in [-0.25, -0.2) is 8.42 Å². The van der Waals surface area contributed by atoms with E-state index >= 15 is 0 Å². The number of quaternary nitrogens is 1. The molecule has 0 aliphatic carbocycles. The van der Waals surface area contributed by atoms with Crippen molar-refractivity contribution in [3.63, 3.8) is 0 Å². The molecule has 0 saturated heterocycles. The Morgan fingerprint density at radius 3 is 1.32 bits per heavy atom. The van der Waals surface area contributed by atoms with E-state index in [1.807, 2.05) is 0 Å². The van der Waals surface area contributed by atoms with Crippen molar-refractivity contribution >= 4 is 10.1 Å². The van der Waals surface area contributed by atoms with Crippen LogP contribution in [-0.4, -0.2) is 54.8 Å². The normalized spacial score (nSPS) is 13.5. The highest BCUT2D eigenvalue weighted by molar-refractivity contribution is 7.86. The summed E-state index contributed by atoms with van der Waals surface area (Å²) in [6.45, 7) is 15.4. The first-order valence-electron chi connectivity index (χ1n) is 7.36. The molecule has 0 fully saturated rings. The van der Waals surface area contributed by atoms with Gasteiger partial charge in [0.25, 0.3) is 0 Å². The lowest BCUT2D eigenvalue weighted by Gasteiger charge is -2.34. The molecule has 0 bridgehead atoms. The van der Waals surface area contributed by atoms with Gasteiger partial charge >= 0.3 is 11.2 Å². The molecule has 0 aliphatic rings. The zero-order valence-electron chi connectivity index (χ0n) is 13.8. The van der Waals surface area contributed by atoms with Crippen molar-refractivity contribution in [1.82, 2.24) is 0 Å². The van der Waals surface area contributed by atoms with Gasteiger partial charge in [-0.1, -0.05) is 13.3 Å². The van der Waals surface area contributed by atoms with Crippen LogP contribution < -0.4 is 0 Å². The van der Waals surface area contributed by atoms with Crippen LogP contribution in [0.1, 0.15) is 47.5 Å². The summed E-state index contributed by atoms with van der Waals surface area (Å²) in [6, 6.07) is 0. The van der Waals surface area contributed by atoms with Gasteiger partial charge in [-0.05, 0) is 27.7 Å². The zero-order valence-corrected chi connectivity index (χ0v) is 14.7. The first-order chi connectivity index (χ1) is 9.80. The summed E-state index contributed by atoms with van der Waals surface area (Å²) in [5.74, 6) is -4.80. The van der Waals surface area contributed by atoms with E-state index in [-0.39, 0.29) is 6.42 Å². The molecule has 0 amide bonds. The number of hydrogen-bond donors (Lipinski definition) is 0. The number of alkyl halides is 4. The molecule has 4 nitrogen and oxygen atoms in total. The first-order valence-corrected chi connectivity index (χ1v) is 8.77. The minimum absolute atomic E-state index is 0.349. The lowest BCUT2D eigenvalue weighted by atomic mass is 10.2. The van der Waals surface area contributed by atoms with Gasteiger partial charge in [0.05, 0.1) is 26.2 Å². The van der Waals surface area contributed by atoms with Crippen LogP contribution in [0, 0.1) is 0 Å². The van der Waals surface area contributed by atoms with Crippen LogP contribution in [0.15, 0.2) is 0 Å². The van der Waals surface area contributed by atoms with Crippen LogP contribution in [0.2, 0.25) is 0 Å². The molecule has 0 aromatic rings. The van der Waals surface area contributed by atoms with Crippen LogP contribution in [0.4, 0.5) is 17.6 Å². The molecule has 0 aromatic heterocycles. The third-order valence-electron chi connectivity index (χ3n) is 3.99. The molecule has 9 heteroatoms. The maximum absolute atomic E-state index is 12.4. The van der Waals surface area contributed by atoms with Crippen molar-refractivity contribution in [2.75, 3.05) is 26.2 Å². The fourth-order valence-electron chi connectivity index (χ4n) is 1.98. The second kappa shape index (κ2) is 9.02. The van der Waals surface area contributed by atoms with Gasteiger partial charge in [0.15, 0.2) is 10.1 Å². The van der Waals surface area contributed by atoms with Gasteiger partial charge in [-0.3, -0.25) is 0 Å². The number of rotatable bonds is 8. The third-order valence-corrected chi connectivity index (χ3v) is 4.91. The fourth-order valence-corrected chi connectivity index (χ4v) is 2.45. The smallest absolute Gasteiger partial charge is 0.396 e. The molecule has 0 radical (unpaired) electrons. The second-order valence-corrected chi connectivity index (χ2v) is 6.45.